The third-order valence-electron chi connectivity index (χ3n) is 3.81. The molecule has 0 amide bonds. The van der Waals surface area contributed by atoms with Crippen molar-refractivity contribution < 1.29 is 9.84 Å². The van der Waals surface area contributed by atoms with Crippen LogP contribution >= 0.6 is 24.0 Å². The van der Waals surface area contributed by atoms with Crippen LogP contribution in [0.15, 0.2) is 23.2 Å². The number of guanidine groups is 1. The van der Waals surface area contributed by atoms with Crippen molar-refractivity contribution in [1.29, 1.82) is 0 Å². The lowest BCUT2D eigenvalue weighted by Crippen LogP contribution is -2.39. The highest BCUT2D eigenvalue weighted by atomic mass is 127. The topological polar surface area (TPSA) is 65.9 Å². The highest BCUT2D eigenvalue weighted by molar-refractivity contribution is 14.0. The van der Waals surface area contributed by atoms with Gasteiger partial charge in [-0.15, -0.1) is 24.0 Å². The molecule has 0 saturated carbocycles. The molecule has 1 aromatic carbocycles. The molecule has 0 spiro atoms. The standard InChI is InChI=1S/C19H33N3O2.HI/c1-6-16(5)24-18-10-14(3)8-9-17(18)12-22-19(20-7-2)21-11-15(4)13-23;/h8-10,15-16,23H,6-7,11-13H2,1-5H3,(H2,20,21,22);1H. The van der Waals surface area contributed by atoms with Crippen molar-refractivity contribution in [3.05, 3.63) is 29.3 Å². The molecular weight excluding hydrogens is 429 g/mol. The molecule has 0 bridgehead atoms. The van der Waals surface area contributed by atoms with Crippen molar-refractivity contribution >= 4 is 29.9 Å². The van der Waals surface area contributed by atoms with Gasteiger partial charge in [-0.1, -0.05) is 26.0 Å². The zero-order valence-electron chi connectivity index (χ0n) is 16.1. The number of benzene rings is 1. The summed E-state index contributed by atoms with van der Waals surface area (Å²) in [6.45, 7) is 12.5. The summed E-state index contributed by atoms with van der Waals surface area (Å²) in [5.74, 6) is 1.86. The van der Waals surface area contributed by atoms with E-state index in [0.717, 1.165) is 30.2 Å². The fourth-order valence-electron chi connectivity index (χ4n) is 2.04. The summed E-state index contributed by atoms with van der Waals surface area (Å²) < 4.78 is 6.04. The maximum atomic E-state index is 9.14. The molecule has 2 unspecified atom stereocenters. The quantitative estimate of drug-likeness (QED) is 0.298. The Morgan fingerprint density at radius 2 is 1.96 bits per heavy atom. The lowest BCUT2D eigenvalue weighted by atomic mass is 10.1. The van der Waals surface area contributed by atoms with Crippen molar-refractivity contribution in [3.8, 4) is 5.75 Å². The van der Waals surface area contributed by atoms with E-state index in [-0.39, 0.29) is 42.6 Å². The van der Waals surface area contributed by atoms with Gasteiger partial charge in [0.25, 0.3) is 0 Å². The summed E-state index contributed by atoms with van der Waals surface area (Å²) >= 11 is 0. The molecule has 0 saturated heterocycles. The largest absolute Gasteiger partial charge is 0.490 e. The monoisotopic (exact) mass is 463 g/mol. The van der Waals surface area contributed by atoms with Gasteiger partial charge >= 0.3 is 0 Å². The van der Waals surface area contributed by atoms with Crippen LogP contribution in [0.3, 0.4) is 0 Å². The Morgan fingerprint density at radius 1 is 1.24 bits per heavy atom. The van der Waals surface area contributed by atoms with E-state index < -0.39 is 0 Å². The van der Waals surface area contributed by atoms with E-state index in [4.69, 9.17) is 9.84 Å². The minimum absolute atomic E-state index is 0. The number of hydrogen-bond donors (Lipinski definition) is 3. The maximum Gasteiger partial charge on any atom is 0.191 e. The Morgan fingerprint density at radius 3 is 2.56 bits per heavy atom. The number of aliphatic imine (C=N–C) groups is 1. The second-order valence-corrected chi connectivity index (χ2v) is 6.31. The van der Waals surface area contributed by atoms with E-state index in [1.165, 1.54) is 5.56 Å². The van der Waals surface area contributed by atoms with Gasteiger partial charge in [0, 0.05) is 25.3 Å². The first-order valence-electron chi connectivity index (χ1n) is 8.89. The number of aliphatic hydroxyl groups excluding tert-OH is 1. The zero-order valence-corrected chi connectivity index (χ0v) is 18.5. The van der Waals surface area contributed by atoms with Crippen LogP contribution in [0, 0.1) is 12.8 Å². The number of hydrogen-bond acceptors (Lipinski definition) is 3. The number of aliphatic hydroxyl groups is 1. The van der Waals surface area contributed by atoms with Crippen LogP contribution in [-0.2, 0) is 6.54 Å². The molecule has 1 aromatic rings. The fourth-order valence-corrected chi connectivity index (χ4v) is 2.04. The molecule has 6 heteroatoms. The average Bonchev–Trinajstić information content (AvgIpc) is 2.58. The van der Waals surface area contributed by atoms with Gasteiger partial charge in [0.2, 0.25) is 0 Å². The molecule has 0 aliphatic carbocycles. The van der Waals surface area contributed by atoms with Crippen molar-refractivity contribution in [2.24, 2.45) is 10.9 Å². The van der Waals surface area contributed by atoms with Crippen LogP contribution in [0.1, 0.15) is 45.2 Å². The lowest BCUT2D eigenvalue weighted by molar-refractivity contribution is 0.215. The molecule has 0 aliphatic heterocycles. The molecular formula is C19H34IN3O2. The van der Waals surface area contributed by atoms with Crippen LogP contribution in [-0.4, -0.2) is 36.9 Å². The molecule has 2 atom stereocenters. The van der Waals surface area contributed by atoms with Crippen molar-refractivity contribution in [2.75, 3.05) is 19.7 Å². The predicted octanol–water partition coefficient (Wildman–Crippen LogP) is 3.47. The van der Waals surface area contributed by atoms with Crippen LogP contribution in [0.2, 0.25) is 0 Å². The number of ether oxygens (including phenoxy) is 1. The zero-order chi connectivity index (χ0) is 17.9. The van der Waals surface area contributed by atoms with E-state index in [0.29, 0.717) is 13.1 Å². The van der Waals surface area contributed by atoms with Gasteiger partial charge in [0.15, 0.2) is 5.96 Å². The van der Waals surface area contributed by atoms with Gasteiger partial charge in [0.05, 0.1) is 12.6 Å². The Labute approximate surface area is 169 Å². The number of nitrogens with one attached hydrogen (secondary N) is 2. The average molecular weight is 463 g/mol. The van der Waals surface area contributed by atoms with E-state index in [1.807, 2.05) is 13.8 Å². The molecule has 144 valence electrons. The second kappa shape index (κ2) is 13.2. The summed E-state index contributed by atoms with van der Waals surface area (Å²) in [5, 5.41) is 15.6. The summed E-state index contributed by atoms with van der Waals surface area (Å²) in [5.41, 5.74) is 2.26. The van der Waals surface area contributed by atoms with Gasteiger partial charge in [-0.3, -0.25) is 0 Å². The molecule has 3 N–H and O–H groups in total. The van der Waals surface area contributed by atoms with Gasteiger partial charge in [0.1, 0.15) is 5.75 Å². The van der Waals surface area contributed by atoms with E-state index in [2.05, 4.69) is 54.6 Å². The number of aryl methyl sites for hydroxylation is 1. The fraction of sp³-hybridized carbons (Fsp3) is 0.632. The van der Waals surface area contributed by atoms with Crippen LogP contribution < -0.4 is 15.4 Å². The summed E-state index contributed by atoms with van der Waals surface area (Å²) in [6.07, 6.45) is 1.16. The first-order chi connectivity index (χ1) is 11.5. The molecule has 0 aliphatic rings. The summed E-state index contributed by atoms with van der Waals surface area (Å²) in [4.78, 5) is 4.65. The normalized spacial score (nSPS) is 13.6. The van der Waals surface area contributed by atoms with Crippen molar-refractivity contribution in [2.45, 2.75) is 53.7 Å². The summed E-state index contributed by atoms with van der Waals surface area (Å²) in [7, 11) is 0. The Balaban J connectivity index is 0.00000576. The molecule has 0 radical (unpaired) electrons. The third-order valence-corrected chi connectivity index (χ3v) is 3.81. The molecule has 25 heavy (non-hydrogen) atoms. The second-order valence-electron chi connectivity index (χ2n) is 6.31. The van der Waals surface area contributed by atoms with Crippen LogP contribution in [0.25, 0.3) is 0 Å². The van der Waals surface area contributed by atoms with Gasteiger partial charge < -0.3 is 20.5 Å². The number of nitrogens with zero attached hydrogens (tertiary/aromatic N) is 1. The number of halogens is 1. The molecule has 5 nitrogen and oxygen atoms in total. The van der Waals surface area contributed by atoms with Gasteiger partial charge in [-0.25, -0.2) is 4.99 Å². The highest BCUT2D eigenvalue weighted by Gasteiger charge is 2.08. The minimum Gasteiger partial charge on any atom is -0.490 e. The highest BCUT2D eigenvalue weighted by Crippen LogP contribution is 2.23. The first-order valence-corrected chi connectivity index (χ1v) is 8.89. The Bertz CT molecular complexity index is 523. The first kappa shape index (κ1) is 24.0. The molecule has 1 rings (SSSR count). The molecule has 0 aromatic heterocycles. The SMILES string of the molecule is CCNC(=NCc1ccc(C)cc1OC(C)CC)NCC(C)CO.I. The maximum absolute atomic E-state index is 9.14. The Kier molecular flexibility index (Phi) is 12.7. The Hall–Kier alpha value is -1.02. The van der Waals surface area contributed by atoms with E-state index >= 15 is 0 Å². The summed E-state index contributed by atoms with van der Waals surface area (Å²) in [6, 6.07) is 6.24. The van der Waals surface area contributed by atoms with Gasteiger partial charge in [-0.2, -0.15) is 0 Å². The van der Waals surface area contributed by atoms with Crippen LogP contribution in [0.4, 0.5) is 0 Å². The van der Waals surface area contributed by atoms with Crippen molar-refractivity contribution in [3.63, 3.8) is 0 Å². The van der Waals surface area contributed by atoms with Crippen molar-refractivity contribution in [1.82, 2.24) is 10.6 Å². The smallest absolute Gasteiger partial charge is 0.191 e. The predicted molar refractivity (Wildman–Crippen MR) is 116 cm³/mol. The van der Waals surface area contributed by atoms with Crippen LogP contribution in [0.5, 0.6) is 5.75 Å². The van der Waals surface area contributed by atoms with E-state index in [9.17, 15) is 0 Å². The lowest BCUT2D eigenvalue weighted by Gasteiger charge is -2.17. The van der Waals surface area contributed by atoms with E-state index in [1.54, 1.807) is 0 Å². The third kappa shape index (κ3) is 9.30. The number of rotatable bonds is 9. The minimum atomic E-state index is 0. The molecule has 0 fully saturated rings. The van der Waals surface area contributed by atoms with Gasteiger partial charge in [-0.05, 0) is 44.7 Å². The molecule has 0 heterocycles.